The Kier molecular flexibility index (Phi) is 48.0. The molecule has 0 radical (unpaired) electrons. The van der Waals surface area contributed by atoms with Crippen LogP contribution in [0.25, 0.3) is 0 Å². The summed E-state index contributed by atoms with van der Waals surface area (Å²) in [4.78, 5) is 37.9. The number of esters is 3. The van der Waals surface area contributed by atoms with Gasteiger partial charge in [-0.25, -0.2) is 0 Å². The standard InChI is InChI=1S/C57H94O6/c1-4-7-10-13-16-19-22-24-26-28-29-31-32-35-38-41-44-47-50-56(59)62-53-54(52-61-55(58)49-46-43-40-37-34-21-18-15-12-9-6-3)63-57(60)51-48-45-42-39-36-33-30-27-25-23-20-17-14-11-8-5-2/h8,11,15,17-18,20,25-29,31,33,36,42,45,54H,4-7,9-10,12-14,16,19,21-24,30,32,34-35,37-41,43-44,46-53H2,1-3H3/b11-8-,18-15-,20-17-,27-25-,28-26-,31-29-,36-33-,45-42-. The van der Waals surface area contributed by atoms with Gasteiger partial charge in [0, 0.05) is 19.3 Å². The number of hydrogen-bond donors (Lipinski definition) is 0. The Balaban J connectivity index is 4.51. The second kappa shape index (κ2) is 51.0. The van der Waals surface area contributed by atoms with E-state index in [9.17, 15) is 14.4 Å². The summed E-state index contributed by atoms with van der Waals surface area (Å²) in [5, 5.41) is 0. The third-order valence-electron chi connectivity index (χ3n) is 10.6. The molecular weight excluding hydrogens is 781 g/mol. The summed E-state index contributed by atoms with van der Waals surface area (Å²) in [5.41, 5.74) is 0. The first-order chi connectivity index (χ1) is 31.0. The van der Waals surface area contributed by atoms with Crippen LogP contribution in [0.4, 0.5) is 0 Å². The first-order valence-electron chi connectivity index (χ1n) is 25.8. The van der Waals surface area contributed by atoms with Gasteiger partial charge in [0.15, 0.2) is 6.10 Å². The highest BCUT2D eigenvalue weighted by Crippen LogP contribution is 2.12. The molecule has 63 heavy (non-hydrogen) atoms. The number of unbranched alkanes of at least 4 members (excludes halogenated alkanes) is 19. The van der Waals surface area contributed by atoms with Crippen LogP contribution in [0.3, 0.4) is 0 Å². The van der Waals surface area contributed by atoms with Crippen molar-refractivity contribution in [1.29, 1.82) is 0 Å². The highest BCUT2D eigenvalue weighted by atomic mass is 16.6. The fraction of sp³-hybridized carbons (Fsp3) is 0.667. The van der Waals surface area contributed by atoms with Crippen LogP contribution in [-0.4, -0.2) is 37.2 Å². The molecule has 0 bridgehead atoms. The zero-order valence-corrected chi connectivity index (χ0v) is 40.8. The van der Waals surface area contributed by atoms with Crippen molar-refractivity contribution in [1.82, 2.24) is 0 Å². The zero-order valence-electron chi connectivity index (χ0n) is 40.8. The van der Waals surface area contributed by atoms with Gasteiger partial charge in [-0.1, -0.05) is 208 Å². The van der Waals surface area contributed by atoms with Gasteiger partial charge in [0.2, 0.25) is 0 Å². The number of carbonyl (C=O) groups is 3. The topological polar surface area (TPSA) is 78.9 Å². The lowest BCUT2D eigenvalue weighted by molar-refractivity contribution is -0.166. The van der Waals surface area contributed by atoms with E-state index in [0.29, 0.717) is 19.3 Å². The lowest BCUT2D eigenvalue weighted by atomic mass is 10.1. The van der Waals surface area contributed by atoms with Crippen LogP contribution < -0.4 is 0 Å². The second-order valence-corrected chi connectivity index (χ2v) is 16.7. The van der Waals surface area contributed by atoms with Crippen LogP contribution in [0.5, 0.6) is 0 Å². The summed E-state index contributed by atoms with van der Waals surface area (Å²) in [7, 11) is 0. The number of carbonyl (C=O) groups excluding carboxylic acids is 3. The maximum Gasteiger partial charge on any atom is 0.306 e. The van der Waals surface area contributed by atoms with E-state index >= 15 is 0 Å². The minimum atomic E-state index is -0.827. The van der Waals surface area contributed by atoms with Crippen molar-refractivity contribution < 1.29 is 28.6 Å². The second-order valence-electron chi connectivity index (χ2n) is 16.7. The van der Waals surface area contributed by atoms with Gasteiger partial charge in [0.25, 0.3) is 0 Å². The minimum absolute atomic E-state index is 0.118. The number of ether oxygens (including phenoxy) is 3. The van der Waals surface area contributed by atoms with Crippen molar-refractivity contribution in [2.75, 3.05) is 13.2 Å². The molecule has 0 aliphatic rings. The summed E-state index contributed by atoms with van der Waals surface area (Å²) in [6.07, 6.45) is 66.9. The molecule has 0 spiro atoms. The molecule has 1 atom stereocenters. The predicted molar refractivity (Wildman–Crippen MR) is 270 cm³/mol. The molecule has 0 fully saturated rings. The molecule has 6 nitrogen and oxygen atoms in total. The lowest BCUT2D eigenvalue weighted by Crippen LogP contribution is -2.30. The molecule has 0 amide bonds. The van der Waals surface area contributed by atoms with Gasteiger partial charge >= 0.3 is 17.9 Å². The normalized spacial score (nSPS) is 12.9. The third kappa shape index (κ3) is 49.2. The van der Waals surface area contributed by atoms with Crippen molar-refractivity contribution in [2.45, 2.75) is 232 Å². The molecule has 0 aliphatic heterocycles. The van der Waals surface area contributed by atoms with E-state index in [-0.39, 0.29) is 31.6 Å². The Morgan fingerprint density at radius 1 is 0.349 bits per heavy atom. The SMILES string of the molecule is CC/C=C\C/C=C\C/C=C\C/C=C\C/C=C\CCC(=O)OC(COC(=O)CCCCCCC/C=C\C=C/CCCCCCCCC)COC(=O)CCCCCCC/C=C\CCCC. The van der Waals surface area contributed by atoms with Crippen LogP contribution in [0.2, 0.25) is 0 Å². The Hall–Kier alpha value is -3.67. The first kappa shape index (κ1) is 59.3. The molecule has 0 aromatic carbocycles. The fourth-order valence-electron chi connectivity index (χ4n) is 6.70. The van der Waals surface area contributed by atoms with Crippen LogP contribution >= 0.6 is 0 Å². The predicted octanol–water partition coefficient (Wildman–Crippen LogP) is 17.0. The number of hydrogen-bond acceptors (Lipinski definition) is 6. The van der Waals surface area contributed by atoms with Crippen molar-refractivity contribution in [3.8, 4) is 0 Å². The molecule has 0 saturated heterocycles. The van der Waals surface area contributed by atoms with Crippen molar-refractivity contribution >= 4 is 17.9 Å². The molecule has 0 aromatic rings. The van der Waals surface area contributed by atoms with Crippen molar-refractivity contribution in [3.05, 3.63) is 97.2 Å². The van der Waals surface area contributed by atoms with Gasteiger partial charge < -0.3 is 14.2 Å². The molecule has 1 unspecified atom stereocenters. The summed E-state index contributed by atoms with van der Waals surface area (Å²) < 4.78 is 16.7. The van der Waals surface area contributed by atoms with E-state index in [1.807, 2.05) is 12.2 Å². The smallest absolute Gasteiger partial charge is 0.306 e. The average Bonchev–Trinajstić information content (AvgIpc) is 3.28. The van der Waals surface area contributed by atoms with Gasteiger partial charge in [-0.05, 0) is 96.3 Å². The van der Waals surface area contributed by atoms with Crippen LogP contribution in [0.1, 0.15) is 226 Å². The fourth-order valence-corrected chi connectivity index (χ4v) is 6.70. The van der Waals surface area contributed by atoms with E-state index in [1.54, 1.807) is 0 Å². The quantitative estimate of drug-likeness (QED) is 0.0199. The largest absolute Gasteiger partial charge is 0.462 e. The molecule has 0 heterocycles. The minimum Gasteiger partial charge on any atom is -0.462 e. The van der Waals surface area contributed by atoms with Gasteiger partial charge in [-0.15, -0.1) is 0 Å². The molecule has 6 heteroatoms. The van der Waals surface area contributed by atoms with Crippen LogP contribution in [-0.2, 0) is 28.6 Å². The van der Waals surface area contributed by atoms with Crippen LogP contribution in [0.15, 0.2) is 97.2 Å². The van der Waals surface area contributed by atoms with Gasteiger partial charge in [0.05, 0.1) is 0 Å². The molecular formula is C57H94O6. The Morgan fingerprint density at radius 2 is 0.714 bits per heavy atom. The maximum absolute atomic E-state index is 12.8. The zero-order chi connectivity index (χ0) is 45.8. The number of rotatable bonds is 45. The summed E-state index contributed by atoms with van der Waals surface area (Å²) in [6.45, 7) is 6.38. The molecule has 0 N–H and O–H groups in total. The lowest BCUT2D eigenvalue weighted by Gasteiger charge is -2.18. The highest BCUT2D eigenvalue weighted by Gasteiger charge is 2.19. The first-order valence-corrected chi connectivity index (χ1v) is 25.8. The monoisotopic (exact) mass is 875 g/mol. The van der Waals surface area contributed by atoms with Gasteiger partial charge in [-0.3, -0.25) is 14.4 Å². The van der Waals surface area contributed by atoms with E-state index < -0.39 is 12.1 Å². The average molecular weight is 875 g/mol. The molecule has 0 aromatic heterocycles. The molecule has 0 aliphatic carbocycles. The van der Waals surface area contributed by atoms with E-state index in [1.165, 1.54) is 77.0 Å². The highest BCUT2D eigenvalue weighted by molar-refractivity contribution is 5.71. The third-order valence-corrected chi connectivity index (χ3v) is 10.6. The molecule has 0 rings (SSSR count). The van der Waals surface area contributed by atoms with Crippen LogP contribution in [0, 0.1) is 0 Å². The summed E-state index contributed by atoms with van der Waals surface area (Å²) in [6, 6.07) is 0. The summed E-state index contributed by atoms with van der Waals surface area (Å²) in [5.74, 6) is -1.03. The Labute approximate surface area is 387 Å². The molecule has 358 valence electrons. The van der Waals surface area contributed by atoms with E-state index in [0.717, 1.165) is 103 Å². The van der Waals surface area contributed by atoms with Crippen molar-refractivity contribution in [2.24, 2.45) is 0 Å². The number of allylic oxidation sites excluding steroid dienone is 16. The Morgan fingerprint density at radius 3 is 1.17 bits per heavy atom. The van der Waals surface area contributed by atoms with E-state index in [4.69, 9.17) is 14.2 Å². The van der Waals surface area contributed by atoms with Gasteiger partial charge in [-0.2, -0.15) is 0 Å². The van der Waals surface area contributed by atoms with Crippen molar-refractivity contribution in [3.63, 3.8) is 0 Å². The molecule has 0 saturated carbocycles. The maximum atomic E-state index is 12.8. The Bertz CT molecular complexity index is 1280. The van der Waals surface area contributed by atoms with E-state index in [2.05, 4.69) is 106 Å². The summed E-state index contributed by atoms with van der Waals surface area (Å²) >= 11 is 0. The van der Waals surface area contributed by atoms with Gasteiger partial charge in [0.1, 0.15) is 13.2 Å².